The van der Waals surface area contributed by atoms with Crippen molar-refractivity contribution in [3.63, 3.8) is 0 Å². The second-order valence-corrected chi connectivity index (χ2v) is 18.9. The van der Waals surface area contributed by atoms with Crippen LogP contribution in [0.15, 0.2) is 36.5 Å². The van der Waals surface area contributed by atoms with Crippen molar-refractivity contribution in [3.05, 3.63) is 36.5 Å². The van der Waals surface area contributed by atoms with E-state index in [4.69, 9.17) is 9.05 Å². The van der Waals surface area contributed by atoms with Crippen molar-refractivity contribution in [3.8, 4) is 0 Å². The number of hydrogen-bond donors (Lipinski definition) is 2. The van der Waals surface area contributed by atoms with Crippen LogP contribution in [0.1, 0.15) is 213 Å². The quantitative estimate of drug-likeness (QED) is 0.0274. The molecule has 0 fully saturated rings. The number of nitrogens with zero attached hydrogens (tertiary/aromatic N) is 1. The number of nitrogens with one attached hydrogen (secondary N) is 1. The first kappa shape index (κ1) is 55.7. The average molecular weight is 825 g/mol. The summed E-state index contributed by atoms with van der Waals surface area (Å²) in [7, 11) is 1.24. The van der Waals surface area contributed by atoms with Gasteiger partial charge in [-0.3, -0.25) is 9.36 Å². The SMILES string of the molecule is CCCCCCCCCC/C=C/CC/C=C/C(O)C(COP(=O)([O-])OCC[N+](C)(C)C)NC(=O)CCCCCCCCC/C=C\CCCCCCCCCCCC. The molecule has 0 aromatic rings. The molecule has 1 amide bonds. The molecule has 0 aromatic heterocycles. The molecule has 336 valence electrons. The minimum absolute atomic E-state index is 0.00709. The molecule has 9 heteroatoms. The Morgan fingerprint density at radius 1 is 0.596 bits per heavy atom. The summed E-state index contributed by atoms with van der Waals surface area (Å²) in [6, 6.07) is -0.903. The Balaban J connectivity index is 4.36. The Labute approximate surface area is 353 Å². The van der Waals surface area contributed by atoms with Crippen LogP contribution in [-0.2, 0) is 18.4 Å². The number of aliphatic hydroxyl groups excluding tert-OH is 1. The number of quaternary nitrogens is 1. The van der Waals surface area contributed by atoms with Gasteiger partial charge < -0.3 is 28.8 Å². The van der Waals surface area contributed by atoms with Crippen LogP contribution < -0.4 is 10.2 Å². The van der Waals surface area contributed by atoms with E-state index in [9.17, 15) is 19.4 Å². The summed E-state index contributed by atoms with van der Waals surface area (Å²) < 4.78 is 23.2. The van der Waals surface area contributed by atoms with E-state index in [-0.39, 0.29) is 12.5 Å². The molecule has 0 bridgehead atoms. The highest BCUT2D eigenvalue weighted by molar-refractivity contribution is 7.45. The Morgan fingerprint density at radius 2 is 0.982 bits per heavy atom. The van der Waals surface area contributed by atoms with Gasteiger partial charge in [0, 0.05) is 6.42 Å². The van der Waals surface area contributed by atoms with E-state index in [1.165, 1.54) is 154 Å². The molecule has 0 saturated heterocycles. The lowest BCUT2D eigenvalue weighted by molar-refractivity contribution is -0.870. The Morgan fingerprint density at radius 3 is 1.42 bits per heavy atom. The lowest BCUT2D eigenvalue weighted by atomic mass is 10.1. The maximum Gasteiger partial charge on any atom is 0.268 e. The number of unbranched alkanes of at least 4 members (excludes halogenated alkanes) is 26. The van der Waals surface area contributed by atoms with Gasteiger partial charge in [-0.2, -0.15) is 0 Å². The fraction of sp³-hybridized carbons (Fsp3) is 0.854. The third-order valence-corrected chi connectivity index (χ3v) is 11.5. The normalized spacial score (nSPS) is 14.6. The molecule has 0 aliphatic carbocycles. The molecule has 0 aromatic carbocycles. The van der Waals surface area contributed by atoms with Crippen LogP contribution in [0, 0.1) is 0 Å². The summed E-state index contributed by atoms with van der Waals surface area (Å²) in [5.74, 6) is -0.212. The highest BCUT2D eigenvalue weighted by Crippen LogP contribution is 2.38. The molecule has 0 heterocycles. The van der Waals surface area contributed by atoms with Crippen molar-refractivity contribution in [2.75, 3.05) is 40.9 Å². The van der Waals surface area contributed by atoms with Gasteiger partial charge in [0.2, 0.25) is 5.91 Å². The first-order valence-electron chi connectivity index (χ1n) is 23.9. The van der Waals surface area contributed by atoms with Crippen LogP contribution in [0.2, 0.25) is 0 Å². The lowest BCUT2D eigenvalue weighted by Crippen LogP contribution is -2.45. The van der Waals surface area contributed by atoms with Crippen molar-refractivity contribution in [1.29, 1.82) is 0 Å². The molecule has 8 nitrogen and oxygen atoms in total. The highest BCUT2D eigenvalue weighted by Gasteiger charge is 2.23. The fourth-order valence-electron chi connectivity index (χ4n) is 6.75. The molecule has 0 aliphatic rings. The highest BCUT2D eigenvalue weighted by atomic mass is 31.2. The van der Waals surface area contributed by atoms with Gasteiger partial charge in [0.15, 0.2) is 0 Å². The Bertz CT molecular complexity index is 1030. The molecule has 57 heavy (non-hydrogen) atoms. The molecule has 0 saturated carbocycles. The first-order chi connectivity index (χ1) is 27.5. The second-order valence-electron chi connectivity index (χ2n) is 17.5. The summed E-state index contributed by atoms with van der Waals surface area (Å²) in [4.78, 5) is 25.3. The van der Waals surface area contributed by atoms with Crippen molar-refractivity contribution in [2.24, 2.45) is 0 Å². The van der Waals surface area contributed by atoms with Crippen LogP contribution in [0.5, 0.6) is 0 Å². The molecular weight excluding hydrogens is 732 g/mol. The molecule has 0 spiro atoms. The van der Waals surface area contributed by atoms with E-state index in [2.05, 4.69) is 43.5 Å². The van der Waals surface area contributed by atoms with Crippen molar-refractivity contribution in [2.45, 2.75) is 225 Å². The topological polar surface area (TPSA) is 108 Å². The van der Waals surface area contributed by atoms with Gasteiger partial charge in [0.05, 0.1) is 39.9 Å². The number of likely N-dealkylation sites (N-methyl/N-ethyl adjacent to an activating group) is 1. The van der Waals surface area contributed by atoms with Crippen molar-refractivity contribution >= 4 is 13.7 Å². The zero-order chi connectivity index (χ0) is 42.1. The minimum atomic E-state index is -4.60. The summed E-state index contributed by atoms with van der Waals surface area (Å²) >= 11 is 0. The molecule has 0 rings (SSSR count). The number of phosphoric acid groups is 1. The van der Waals surface area contributed by atoms with E-state index < -0.39 is 26.6 Å². The average Bonchev–Trinajstić information content (AvgIpc) is 3.16. The maximum atomic E-state index is 12.9. The number of allylic oxidation sites excluding steroid dienone is 5. The first-order valence-corrected chi connectivity index (χ1v) is 25.3. The Kier molecular flexibility index (Phi) is 39.2. The number of amides is 1. The third-order valence-electron chi connectivity index (χ3n) is 10.6. The molecule has 3 atom stereocenters. The number of rotatable bonds is 43. The van der Waals surface area contributed by atoms with Gasteiger partial charge in [0.25, 0.3) is 7.82 Å². The maximum absolute atomic E-state index is 12.9. The van der Waals surface area contributed by atoms with E-state index >= 15 is 0 Å². The van der Waals surface area contributed by atoms with E-state index in [1.54, 1.807) is 6.08 Å². The van der Waals surface area contributed by atoms with E-state index in [0.717, 1.165) is 38.5 Å². The largest absolute Gasteiger partial charge is 0.756 e. The van der Waals surface area contributed by atoms with Crippen molar-refractivity contribution in [1.82, 2.24) is 5.32 Å². The number of aliphatic hydroxyl groups is 1. The van der Waals surface area contributed by atoms with Crippen LogP contribution in [0.3, 0.4) is 0 Å². The van der Waals surface area contributed by atoms with Crippen LogP contribution in [-0.4, -0.2) is 68.5 Å². The second kappa shape index (κ2) is 40.1. The van der Waals surface area contributed by atoms with Crippen LogP contribution in [0.4, 0.5) is 0 Å². The molecule has 0 radical (unpaired) electrons. The van der Waals surface area contributed by atoms with E-state index in [1.807, 2.05) is 27.2 Å². The van der Waals surface area contributed by atoms with Gasteiger partial charge in [-0.15, -0.1) is 0 Å². The summed E-state index contributed by atoms with van der Waals surface area (Å²) in [5, 5.41) is 13.8. The summed E-state index contributed by atoms with van der Waals surface area (Å²) in [6.45, 7) is 4.62. The zero-order valence-electron chi connectivity index (χ0n) is 38.0. The van der Waals surface area contributed by atoms with E-state index in [0.29, 0.717) is 17.4 Å². The molecule has 2 N–H and O–H groups in total. The molecule has 3 unspecified atom stereocenters. The van der Waals surface area contributed by atoms with Gasteiger partial charge in [0.1, 0.15) is 13.2 Å². The predicted octanol–water partition coefficient (Wildman–Crippen LogP) is 12.8. The minimum Gasteiger partial charge on any atom is -0.756 e. The predicted molar refractivity (Wildman–Crippen MR) is 242 cm³/mol. The number of hydrogen-bond acceptors (Lipinski definition) is 6. The van der Waals surface area contributed by atoms with Crippen molar-refractivity contribution < 1.29 is 32.9 Å². The lowest BCUT2D eigenvalue weighted by Gasteiger charge is -2.29. The smallest absolute Gasteiger partial charge is 0.268 e. The molecular formula is C48H93N2O6P. The third kappa shape index (κ3) is 42.6. The van der Waals surface area contributed by atoms with Gasteiger partial charge in [-0.25, -0.2) is 0 Å². The number of carbonyl (C=O) groups is 1. The van der Waals surface area contributed by atoms with Gasteiger partial charge in [-0.1, -0.05) is 185 Å². The van der Waals surface area contributed by atoms with Gasteiger partial charge in [-0.05, 0) is 57.8 Å². The Hall–Kier alpha value is -1.28. The fourth-order valence-corrected chi connectivity index (χ4v) is 7.47. The number of carbonyl (C=O) groups excluding carboxylic acids is 1. The standard InChI is InChI=1S/C48H93N2O6P/c1-6-8-10-12-14-16-18-20-22-23-24-25-26-27-28-30-32-34-36-38-40-42-48(52)49-46(45-56-57(53,54)55-44-43-50(3,4)5)47(51)41-39-37-35-33-31-29-21-19-17-15-13-11-9-7-2/h25-26,31,33,39,41,46-47,51H,6-24,27-30,32,34-38,40,42-45H2,1-5H3,(H-,49,52,53,54)/b26-25-,33-31+,41-39+. The molecule has 0 aliphatic heterocycles. The zero-order valence-corrected chi connectivity index (χ0v) is 38.9. The summed E-state index contributed by atoms with van der Waals surface area (Å²) in [5.41, 5.74) is 0. The number of phosphoric ester groups is 1. The monoisotopic (exact) mass is 825 g/mol. The van der Waals surface area contributed by atoms with Crippen LogP contribution >= 0.6 is 7.82 Å². The van der Waals surface area contributed by atoms with Gasteiger partial charge >= 0.3 is 0 Å². The van der Waals surface area contributed by atoms with Crippen LogP contribution in [0.25, 0.3) is 0 Å². The summed E-state index contributed by atoms with van der Waals surface area (Å²) in [6.07, 6.45) is 49.1.